The summed E-state index contributed by atoms with van der Waals surface area (Å²) in [4.78, 5) is 11.6. The smallest absolute Gasteiger partial charge is 0.156 e. The van der Waals surface area contributed by atoms with Gasteiger partial charge in [-0.15, -0.1) is 0 Å². The van der Waals surface area contributed by atoms with Crippen LogP contribution in [0.5, 0.6) is 0 Å². The molecular weight excluding hydrogens is 232 g/mol. The minimum absolute atomic E-state index is 0.336. The lowest BCUT2D eigenvalue weighted by Gasteiger charge is -2.43. The normalized spacial score (nSPS) is 40.7. The minimum Gasteiger partial charge on any atom is -0.295 e. The number of hydrogen-bond acceptors (Lipinski definition) is 1. The molecule has 1 saturated carbocycles. The van der Waals surface area contributed by atoms with E-state index in [1.807, 2.05) is 6.08 Å². The molecule has 4 rings (SSSR count). The van der Waals surface area contributed by atoms with Gasteiger partial charge in [-0.1, -0.05) is 25.5 Å². The van der Waals surface area contributed by atoms with Gasteiger partial charge < -0.3 is 0 Å². The maximum absolute atomic E-state index is 11.6. The van der Waals surface area contributed by atoms with Crippen molar-refractivity contribution in [3.63, 3.8) is 0 Å². The molecule has 4 aliphatic rings. The molecule has 0 bridgehead atoms. The van der Waals surface area contributed by atoms with Crippen LogP contribution in [0.1, 0.15) is 51.9 Å². The second kappa shape index (κ2) is 3.94. The van der Waals surface area contributed by atoms with Gasteiger partial charge in [0.05, 0.1) is 0 Å². The molecule has 0 amide bonds. The average molecular weight is 254 g/mol. The molecule has 0 heterocycles. The summed E-state index contributed by atoms with van der Waals surface area (Å²) in [7, 11) is 0. The molecule has 1 fully saturated rings. The first kappa shape index (κ1) is 11.7. The fourth-order valence-electron chi connectivity index (χ4n) is 5.01. The van der Waals surface area contributed by atoms with Crippen molar-refractivity contribution in [3.05, 3.63) is 34.9 Å². The van der Waals surface area contributed by atoms with Crippen molar-refractivity contribution in [1.29, 1.82) is 0 Å². The quantitative estimate of drug-likeness (QED) is 0.628. The van der Waals surface area contributed by atoms with Crippen LogP contribution in [0.25, 0.3) is 0 Å². The molecular formula is C18H22O. The molecule has 4 aliphatic carbocycles. The fourth-order valence-corrected chi connectivity index (χ4v) is 5.01. The maximum Gasteiger partial charge on any atom is 0.156 e. The first-order chi connectivity index (χ1) is 9.17. The van der Waals surface area contributed by atoms with Crippen LogP contribution in [0.3, 0.4) is 0 Å². The van der Waals surface area contributed by atoms with Crippen LogP contribution in [-0.4, -0.2) is 5.78 Å². The molecule has 3 atom stereocenters. The summed E-state index contributed by atoms with van der Waals surface area (Å²) in [6.45, 7) is 2.46. The summed E-state index contributed by atoms with van der Waals surface area (Å²) in [5, 5.41) is 0. The number of carbonyl (C=O) groups is 1. The zero-order chi connectivity index (χ0) is 13.0. The Labute approximate surface area is 115 Å². The highest BCUT2D eigenvalue weighted by atomic mass is 16.1. The zero-order valence-corrected chi connectivity index (χ0v) is 11.7. The molecule has 2 unspecified atom stereocenters. The van der Waals surface area contributed by atoms with Gasteiger partial charge in [0.1, 0.15) is 0 Å². The predicted molar refractivity (Wildman–Crippen MR) is 76.7 cm³/mol. The number of carbonyl (C=O) groups excluding carboxylic acids is 1. The molecule has 1 nitrogen and oxygen atoms in total. The maximum atomic E-state index is 11.6. The molecule has 1 heteroatoms. The van der Waals surface area contributed by atoms with Gasteiger partial charge in [-0.05, 0) is 72.2 Å². The topological polar surface area (TPSA) is 17.1 Å². The standard InChI is InChI=1S/C18H22O/c1-18-9-2-3-17(18)16-6-4-12-11-13(19)5-7-14(12)15(16)8-10-18/h8,10-11,16-17H,2-7,9H2,1H3/t16?,17?,18-/m0/s1. The first-order valence-corrected chi connectivity index (χ1v) is 7.83. The van der Waals surface area contributed by atoms with Gasteiger partial charge in [-0.25, -0.2) is 0 Å². The van der Waals surface area contributed by atoms with Crippen molar-refractivity contribution in [2.75, 3.05) is 0 Å². The van der Waals surface area contributed by atoms with E-state index in [1.165, 1.54) is 36.8 Å². The molecule has 19 heavy (non-hydrogen) atoms. The Kier molecular flexibility index (Phi) is 2.43. The predicted octanol–water partition coefficient (Wildman–Crippen LogP) is 4.36. The largest absolute Gasteiger partial charge is 0.295 e. The van der Waals surface area contributed by atoms with Gasteiger partial charge in [0.15, 0.2) is 5.78 Å². The molecule has 100 valence electrons. The number of hydrogen-bond donors (Lipinski definition) is 0. The number of ketones is 1. The lowest BCUT2D eigenvalue weighted by atomic mass is 9.61. The van der Waals surface area contributed by atoms with Gasteiger partial charge in [0.2, 0.25) is 0 Å². The van der Waals surface area contributed by atoms with Crippen LogP contribution in [-0.2, 0) is 4.79 Å². The van der Waals surface area contributed by atoms with Crippen molar-refractivity contribution in [3.8, 4) is 0 Å². The Hall–Kier alpha value is -1.11. The molecule has 0 radical (unpaired) electrons. The second-order valence-corrected chi connectivity index (χ2v) is 7.05. The summed E-state index contributed by atoms with van der Waals surface area (Å²) in [5.41, 5.74) is 4.93. The monoisotopic (exact) mass is 254 g/mol. The average Bonchev–Trinajstić information content (AvgIpc) is 2.79. The van der Waals surface area contributed by atoms with Crippen LogP contribution in [0.15, 0.2) is 34.9 Å². The van der Waals surface area contributed by atoms with Gasteiger partial charge in [0, 0.05) is 6.42 Å². The molecule has 0 N–H and O–H groups in total. The van der Waals surface area contributed by atoms with Gasteiger partial charge in [-0.3, -0.25) is 4.79 Å². The van der Waals surface area contributed by atoms with Crippen molar-refractivity contribution < 1.29 is 4.79 Å². The Bertz CT molecular complexity index is 534. The summed E-state index contributed by atoms with van der Waals surface area (Å²) in [5.74, 6) is 1.97. The number of allylic oxidation sites excluding steroid dienone is 6. The van der Waals surface area contributed by atoms with E-state index in [-0.39, 0.29) is 0 Å². The first-order valence-electron chi connectivity index (χ1n) is 7.83. The van der Waals surface area contributed by atoms with Crippen LogP contribution < -0.4 is 0 Å². The summed E-state index contributed by atoms with van der Waals surface area (Å²) in [6.07, 6.45) is 15.1. The highest BCUT2D eigenvalue weighted by Gasteiger charge is 2.46. The molecule has 0 aromatic carbocycles. The molecule has 0 aliphatic heterocycles. The van der Waals surface area contributed by atoms with Gasteiger partial charge in [-0.2, -0.15) is 0 Å². The Morgan fingerprint density at radius 2 is 2.11 bits per heavy atom. The van der Waals surface area contributed by atoms with Crippen LogP contribution >= 0.6 is 0 Å². The van der Waals surface area contributed by atoms with E-state index in [2.05, 4.69) is 19.1 Å². The highest BCUT2D eigenvalue weighted by Crippen LogP contribution is 2.56. The highest BCUT2D eigenvalue weighted by molar-refractivity contribution is 5.93. The lowest BCUT2D eigenvalue weighted by Crippen LogP contribution is -2.33. The zero-order valence-electron chi connectivity index (χ0n) is 11.7. The third-order valence-electron chi connectivity index (χ3n) is 6.02. The van der Waals surface area contributed by atoms with Crippen molar-refractivity contribution in [2.24, 2.45) is 17.3 Å². The Morgan fingerprint density at radius 3 is 3.00 bits per heavy atom. The lowest BCUT2D eigenvalue weighted by molar-refractivity contribution is -0.114. The van der Waals surface area contributed by atoms with Gasteiger partial charge in [0.25, 0.3) is 0 Å². The van der Waals surface area contributed by atoms with E-state index in [9.17, 15) is 4.79 Å². The molecule has 0 aromatic rings. The van der Waals surface area contributed by atoms with Crippen molar-refractivity contribution in [2.45, 2.75) is 51.9 Å². The summed E-state index contributed by atoms with van der Waals surface area (Å²) < 4.78 is 0. The van der Waals surface area contributed by atoms with Crippen LogP contribution in [0, 0.1) is 17.3 Å². The molecule has 0 saturated heterocycles. The van der Waals surface area contributed by atoms with Crippen LogP contribution in [0.4, 0.5) is 0 Å². The van der Waals surface area contributed by atoms with E-state index >= 15 is 0 Å². The Balaban J connectivity index is 1.82. The van der Waals surface area contributed by atoms with E-state index in [0.29, 0.717) is 11.2 Å². The summed E-state index contributed by atoms with van der Waals surface area (Å²) in [6, 6.07) is 0. The van der Waals surface area contributed by atoms with E-state index in [1.54, 1.807) is 5.57 Å². The van der Waals surface area contributed by atoms with E-state index < -0.39 is 0 Å². The SMILES string of the molecule is C[C@]12C=CC3=C4CCC(=O)C=C4CCC3C1CCC2. The molecule has 0 spiro atoms. The fraction of sp³-hybridized carbons (Fsp3) is 0.611. The third-order valence-corrected chi connectivity index (χ3v) is 6.02. The Morgan fingerprint density at radius 1 is 1.21 bits per heavy atom. The summed E-state index contributed by atoms with van der Waals surface area (Å²) >= 11 is 0. The minimum atomic E-state index is 0.336. The van der Waals surface area contributed by atoms with E-state index in [4.69, 9.17) is 0 Å². The van der Waals surface area contributed by atoms with E-state index in [0.717, 1.165) is 31.1 Å². The van der Waals surface area contributed by atoms with Crippen LogP contribution in [0.2, 0.25) is 0 Å². The van der Waals surface area contributed by atoms with Crippen molar-refractivity contribution in [1.82, 2.24) is 0 Å². The second-order valence-electron chi connectivity index (χ2n) is 7.05. The number of rotatable bonds is 0. The van der Waals surface area contributed by atoms with Gasteiger partial charge >= 0.3 is 0 Å². The third kappa shape index (κ3) is 1.63. The number of fused-ring (bicyclic) bond motifs is 4. The van der Waals surface area contributed by atoms with Crippen molar-refractivity contribution >= 4 is 5.78 Å². The molecule has 0 aromatic heterocycles.